The molecule has 1 unspecified atom stereocenters. The van der Waals surface area contributed by atoms with Gasteiger partial charge in [-0.2, -0.15) is 0 Å². The van der Waals surface area contributed by atoms with E-state index in [2.05, 4.69) is 0 Å². The summed E-state index contributed by atoms with van der Waals surface area (Å²) in [5.74, 6) is -0.745. The predicted octanol–water partition coefficient (Wildman–Crippen LogP) is 3.04. The van der Waals surface area contributed by atoms with E-state index in [0.717, 1.165) is 0 Å². The molecule has 0 saturated carbocycles. The molecular weight excluding hydrogens is 344 g/mol. The van der Waals surface area contributed by atoms with Gasteiger partial charge in [-0.15, -0.1) is 0 Å². The van der Waals surface area contributed by atoms with Crippen molar-refractivity contribution >= 4 is 17.5 Å². The van der Waals surface area contributed by atoms with Crippen molar-refractivity contribution in [2.24, 2.45) is 0 Å². The van der Waals surface area contributed by atoms with Crippen LogP contribution in [0.25, 0.3) is 0 Å². The van der Waals surface area contributed by atoms with Crippen molar-refractivity contribution in [3.8, 4) is 5.75 Å². The van der Waals surface area contributed by atoms with Crippen LogP contribution in [0.3, 0.4) is 0 Å². The van der Waals surface area contributed by atoms with Crippen molar-refractivity contribution in [1.82, 2.24) is 0 Å². The molecule has 2 aliphatic rings. The Labute approximate surface area is 153 Å². The first-order valence-corrected chi connectivity index (χ1v) is 8.72. The summed E-state index contributed by atoms with van der Waals surface area (Å²) in [4.78, 5) is 0. The van der Waals surface area contributed by atoms with Gasteiger partial charge in [-0.25, -0.2) is 0 Å². The number of hydrogen-bond donors (Lipinski definition) is 0. The SMILES string of the molecule is CC1(C)OC[C@@H](C(OC(=S)Oc2ccccc2)[C@H]2COC(C)(C)O2)O1. The minimum absolute atomic E-state index is 0.0119. The molecule has 7 heteroatoms. The van der Waals surface area contributed by atoms with Gasteiger partial charge in [0.1, 0.15) is 18.0 Å². The molecule has 3 rings (SSSR count). The molecule has 0 radical (unpaired) electrons. The number of hydrogen-bond acceptors (Lipinski definition) is 7. The Morgan fingerprint density at radius 3 is 1.96 bits per heavy atom. The van der Waals surface area contributed by atoms with Gasteiger partial charge in [0.25, 0.3) is 0 Å². The Hall–Kier alpha value is -1.25. The average Bonchev–Trinajstić information content (AvgIpc) is 3.07. The van der Waals surface area contributed by atoms with Gasteiger partial charge in [-0.1, -0.05) is 18.2 Å². The number of thiocarbonyl (C=S) groups is 1. The smallest absolute Gasteiger partial charge is 0.358 e. The summed E-state index contributed by atoms with van der Waals surface area (Å²) in [7, 11) is 0. The first kappa shape index (κ1) is 18.5. The van der Waals surface area contributed by atoms with Gasteiger partial charge in [0.2, 0.25) is 0 Å². The van der Waals surface area contributed by atoms with Gasteiger partial charge in [0, 0.05) is 12.2 Å². The lowest BCUT2D eigenvalue weighted by molar-refractivity contribution is -0.177. The van der Waals surface area contributed by atoms with E-state index in [1.165, 1.54) is 0 Å². The minimum Gasteiger partial charge on any atom is -0.448 e. The largest absolute Gasteiger partial charge is 0.448 e. The van der Waals surface area contributed by atoms with Gasteiger partial charge in [0.15, 0.2) is 17.7 Å². The lowest BCUT2D eigenvalue weighted by Crippen LogP contribution is -2.45. The second-order valence-corrected chi connectivity index (χ2v) is 7.32. The van der Waals surface area contributed by atoms with Crippen molar-refractivity contribution in [2.45, 2.75) is 57.6 Å². The van der Waals surface area contributed by atoms with Gasteiger partial charge in [0.05, 0.1) is 13.2 Å². The van der Waals surface area contributed by atoms with Crippen LogP contribution in [0.5, 0.6) is 5.75 Å². The van der Waals surface area contributed by atoms with Crippen LogP contribution in [-0.4, -0.2) is 48.3 Å². The number of para-hydroxylation sites is 1. The summed E-state index contributed by atoms with van der Waals surface area (Å²) in [6.45, 7) is 8.20. The Bertz CT molecular complexity index is 577. The maximum atomic E-state index is 5.94. The number of rotatable bonds is 4. The summed E-state index contributed by atoms with van der Waals surface area (Å²) < 4.78 is 34.7. The summed E-state index contributed by atoms with van der Waals surface area (Å²) in [6, 6.07) is 9.24. The molecule has 25 heavy (non-hydrogen) atoms. The first-order valence-electron chi connectivity index (χ1n) is 8.31. The van der Waals surface area contributed by atoms with E-state index in [1.807, 2.05) is 45.9 Å². The highest BCUT2D eigenvalue weighted by Gasteiger charge is 2.47. The van der Waals surface area contributed by atoms with E-state index in [4.69, 9.17) is 40.6 Å². The van der Waals surface area contributed by atoms with Crippen LogP contribution in [0.1, 0.15) is 27.7 Å². The van der Waals surface area contributed by atoms with Crippen LogP contribution in [0.15, 0.2) is 30.3 Å². The van der Waals surface area contributed by atoms with Gasteiger partial charge < -0.3 is 28.4 Å². The summed E-state index contributed by atoms with van der Waals surface area (Å²) in [6.07, 6.45) is -1.18. The molecule has 0 amide bonds. The Balaban J connectivity index is 1.69. The van der Waals surface area contributed by atoms with Crippen LogP contribution in [-0.2, 0) is 23.7 Å². The highest BCUT2D eigenvalue weighted by Crippen LogP contribution is 2.32. The van der Waals surface area contributed by atoms with Crippen LogP contribution in [0, 0.1) is 0 Å². The van der Waals surface area contributed by atoms with Crippen molar-refractivity contribution in [2.75, 3.05) is 13.2 Å². The molecule has 2 fully saturated rings. The lowest BCUT2D eigenvalue weighted by Gasteiger charge is -2.29. The zero-order valence-corrected chi connectivity index (χ0v) is 15.7. The molecule has 1 aromatic rings. The molecular formula is C18H24O6S. The summed E-state index contributed by atoms with van der Waals surface area (Å²) in [5.41, 5.74) is 0. The van der Waals surface area contributed by atoms with E-state index in [1.54, 1.807) is 12.1 Å². The Morgan fingerprint density at radius 2 is 1.52 bits per heavy atom. The molecule has 0 N–H and O–H groups in total. The third kappa shape index (κ3) is 4.89. The van der Waals surface area contributed by atoms with Crippen LogP contribution in [0.4, 0.5) is 0 Å². The van der Waals surface area contributed by atoms with E-state index < -0.39 is 17.7 Å². The Morgan fingerprint density at radius 1 is 1.00 bits per heavy atom. The lowest BCUT2D eigenvalue weighted by atomic mass is 10.1. The van der Waals surface area contributed by atoms with Gasteiger partial charge in [-0.05, 0) is 39.8 Å². The van der Waals surface area contributed by atoms with Crippen molar-refractivity contribution in [3.63, 3.8) is 0 Å². The first-order chi connectivity index (χ1) is 11.7. The number of benzene rings is 1. The van der Waals surface area contributed by atoms with Gasteiger partial charge in [-0.3, -0.25) is 0 Å². The Kier molecular flexibility index (Phi) is 5.31. The fraction of sp³-hybridized carbons (Fsp3) is 0.611. The third-order valence-electron chi connectivity index (χ3n) is 3.97. The molecule has 2 aliphatic heterocycles. The second kappa shape index (κ2) is 7.17. The van der Waals surface area contributed by atoms with Crippen molar-refractivity contribution < 1.29 is 28.4 Å². The standard InChI is InChI=1S/C18H24O6S/c1-17(2)19-10-13(23-17)15(14-11-20-18(3,4)24-14)22-16(25)21-12-8-6-5-7-9-12/h5-9,13-15H,10-11H2,1-4H3/t13-,14+,15?. The molecule has 2 saturated heterocycles. The van der Waals surface area contributed by atoms with Crippen LogP contribution in [0.2, 0.25) is 0 Å². The summed E-state index contributed by atoms with van der Waals surface area (Å²) >= 11 is 5.26. The highest BCUT2D eigenvalue weighted by atomic mass is 32.1. The molecule has 138 valence electrons. The predicted molar refractivity (Wildman–Crippen MR) is 94.3 cm³/mol. The van der Waals surface area contributed by atoms with E-state index in [9.17, 15) is 0 Å². The molecule has 6 nitrogen and oxygen atoms in total. The minimum atomic E-state index is -0.677. The monoisotopic (exact) mass is 368 g/mol. The topological polar surface area (TPSA) is 55.4 Å². The maximum Gasteiger partial charge on any atom is 0.358 e. The fourth-order valence-corrected chi connectivity index (χ4v) is 3.07. The zero-order chi connectivity index (χ0) is 18.1. The van der Waals surface area contributed by atoms with Crippen LogP contribution < -0.4 is 4.74 Å². The third-order valence-corrected chi connectivity index (χ3v) is 4.15. The van der Waals surface area contributed by atoms with E-state index in [-0.39, 0.29) is 17.4 Å². The van der Waals surface area contributed by atoms with E-state index >= 15 is 0 Å². The maximum absolute atomic E-state index is 5.94. The zero-order valence-electron chi connectivity index (χ0n) is 14.9. The molecule has 1 aromatic carbocycles. The van der Waals surface area contributed by atoms with Gasteiger partial charge >= 0.3 is 5.24 Å². The number of ether oxygens (including phenoxy) is 6. The second-order valence-electron chi connectivity index (χ2n) is 6.98. The molecule has 0 spiro atoms. The average molecular weight is 368 g/mol. The molecule has 0 bridgehead atoms. The fourth-order valence-electron chi connectivity index (χ4n) is 2.87. The van der Waals surface area contributed by atoms with Crippen molar-refractivity contribution in [1.29, 1.82) is 0 Å². The van der Waals surface area contributed by atoms with E-state index in [0.29, 0.717) is 19.0 Å². The highest BCUT2D eigenvalue weighted by molar-refractivity contribution is 7.79. The summed E-state index contributed by atoms with van der Waals surface area (Å²) in [5, 5.41) is 0.0119. The molecule has 3 atom stereocenters. The normalized spacial score (nSPS) is 28.5. The van der Waals surface area contributed by atoms with Crippen LogP contribution >= 0.6 is 12.2 Å². The van der Waals surface area contributed by atoms with Crippen molar-refractivity contribution in [3.05, 3.63) is 30.3 Å². The molecule has 0 aliphatic carbocycles. The molecule has 0 aromatic heterocycles. The quantitative estimate of drug-likeness (QED) is 0.757. The molecule has 2 heterocycles.